The zero-order valence-electron chi connectivity index (χ0n) is 17.0. The Morgan fingerprint density at radius 3 is 2.67 bits per heavy atom. The van der Waals surface area contributed by atoms with Gasteiger partial charge in [-0.2, -0.15) is 14.0 Å². The van der Waals surface area contributed by atoms with Gasteiger partial charge in [-0.15, -0.1) is 0 Å². The third-order valence-corrected chi connectivity index (χ3v) is 4.60. The molecule has 3 N–H and O–H groups in total. The Morgan fingerprint density at radius 1 is 1.24 bits per heavy atom. The molecule has 0 atom stereocenters. The Bertz CT molecular complexity index is 1270. The van der Waals surface area contributed by atoms with Crippen LogP contribution in [0.4, 0.5) is 19.0 Å². The summed E-state index contributed by atoms with van der Waals surface area (Å²) >= 11 is 0. The Balaban J connectivity index is 1.75. The molecular formula is C21H18F3N6O3+. The van der Waals surface area contributed by atoms with E-state index in [9.17, 15) is 33.2 Å². The van der Waals surface area contributed by atoms with E-state index in [0.29, 0.717) is 0 Å². The number of hydrogen-bond donors (Lipinski definition) is 3. The zero-order valence-corrected chi connectivity index (χ0v) is 17.0. The first-order valence-electron chi connectivity index (χ1n) is 9.55. The topological polar surface area (TPSA) is 124 Å². The number of rotatable bonds is 8. The standard InChI is InChI=1S/C21H17F3N6O3/c22-16-6-2-1-5-14(16)10-26-18(31)12-29-15(9-25)11-27-19(20(29)32)28-13-21(23,24)17-7-3-4-8-30(17)33/h1-8,11H,10,12-13H2,(H2-,26,27,28,31,33)/p+1. The van der Waals surface area contributed by atoms with Crippen LogP contribution in [0, 0.1) is 17.1 Å². The summed E-state index contributed by atoms with van der Waals surface area (Å²) in [5, 5.41) is 23.4. The molecular weight excluding hydrogens is 441 g/mol. The van der Waals surface area contributed by atoms with Crippen molar-refractivity contribution in [1.29, 1.82) is 5.26 Å². The molecule has 2 aromatic heterocycles. The van der Waals surface area contributed by atoms with Gasteiger partial charge in [0, 0.05) is 29.0 Å². The molecule has 1 amide bonds. The average molecular weight is 459 g/mol. The maximum Gasteiger partial charge on any atom is 0.351 e. The maximum absolute atomic E-state index is 14.5. The second-order valence-corrected chi connectivity index (χ2v) is 6.85. The molecule has 170 valence electrons. The summed E-state index contributed by atoms with van der Waals surface area (Å²) in [6.07, 6.45) is 1.98. The summed E-state index contributed by atoms with van der Waals surface area (Å²) < 4.78 is 43.6. The number of nitriles is 1. The van der Waals surface area contributed by atoms with Crippen LogP contribution in [-0.2, 0) is 23.8 Å². The van der Waals surface area contributed by atoms with Crippen LogP contribution in [0.15, 0.2) is 59.7 Å². The van der Waals surface area contributed by atoms with E-state index in [1.165, 1.54) is 30.3 Å². The minimum absolute atomic E-state index is 0.150. The fourth-order valence-electron chi connectivity index (χ4n) is 2.90. The molecule has 0 bridgehead atoms. The molecule has 0 saturated carbocycles. The van der Waals surface area contributed by atoms with E-state index in [-0.39, 0.29) is 22.5 Å². The van der Waals surface area contributed by atoms with Crippen molar-refractivity contribution in [3.8, 4) is 6.07 Å². The summed E-state index contributed by atoms with van der Waals surface area (Å²) in [5.41, 5.74) is -1.75. The van der Waals surface area contributed by atoms with Crippen LogP contribution in [0.5, 0.6) is 0 Å². The van der Waals surface area contributed by atoms with Crippen LogP contribution in [0.2, 0.25) is 0 Å². The number of halogens is 3. The van der Waals surface area contributed by atoms with E-state index in [1.807, 2.05) is 0 Å². The fraction of sp³-hybridized carbons (Fsp3) is 0.190. The number of anilines is 1. The van der Waals surface area contributed by atoms with E-state index in [0.717, 1.165) is 23.0 Å². The summed E-state index contributed by atoms with van der Waals surface area (Å²) in [6, 6.07) is 11.2. The molecule has 2 heterocycles. The Hall–Kier alpha value is -4.40. The molecule has 0 radical (unpaired) electrons. The molecule has 1 aromatic carbocycles. The van der Waals surface area contributed by atoms with Crippen LogP contribution in [-0.4, -0.2) is 27.2 Å². The van der Waals surface area contributed by atoms with Crippen molar-refractivity contribution in [3.63, 3.8) is 0 Å². The van der Waals surface area contributed by atoms with Crippen molar-refractivity contribution in [2.45, 2.75) is 19.0 Å². The number of aromatic nitrogens is 3. The fourth-order valence-corrected chi connectivity index (χ4v) is 2.90. The average Bonchev–Trinajstić information content (AvgIpc) is 2.79. The number of nitrogens with zero attached hydrogens (tertiary/aromatic N) is 4. The molecule has 0 saturated heterocycles. The van der Waals surface area contributed by atoms with E-state index >= 15 is 0 Å². The first kappa shape index (κ1) is 23.3. The highest BCUT2D eigenvalue weighted by Crippen LogP contribution is 2.24. The largest absolute Gasteiger partial charge is 0.359 e. The minimum Gasteiger partial charge on any atom is -0.359 e. The minimum atomic E-state index is -3.58. The molecule has 0 aliphatic rings. The van der Waals surface area contributed by atoms with Crippen molar-refractivity contribution in [1.82, 2.24) is 14.9 Å². The third-order valence-electron chi connectivity index (χ3n) is 4.60. The van der Waals surface area contributed by atoms with Gasteiger partial charge < -0.3 is 10.6 Å². The smallest absolute Gasteiger partial charge is 0.351 e. The van der Waals surface area contributed by atoms with Gasteiger partial charge in [0.05, 0.1) is 12.7 Å². The maximum atomic E-state index is 14.5. The monoisotopic (exact) mass is 459 g/mol. The highest BCUT2D eigenvalue weighted by atomic mass is 19.3. The van der Waals surface area contributed by atoms with Gasteiger partial charge in [-0.05, 0) is 12.1 Å². The quantitative estimate of drug-likeness (QED) is 0.345. The molecule has 0 aliphatic carbocycles. The summed E-state index contributed by atoms with van der Waals surface area (Å²) in [4.78, 5) is 28.6. The lowest BCUT2D eigenvalue weighted by molar-refractivity contribution is -0.913. The molecule has 3 rings (SSSR count). The van der Waals surface area contributed by atoms with Gasteiger partial charge in [0.25, 0.3) is 5.56 Å². The predicted octanol–water partition coefficient (Wildman–Crippen LogP) is 1.30. The van der Waals surface area contributed by atoms with Crippen LogP contribution in [0.25, 0.3) is 0 Å². The summed E-state index contributed by atoms with van der Waals surface area (Å²) in [6.45, 7) is -1.85. The van der Waals surface area contributed by atoms with Crippen molar-refractivity contribution in [3.05, 3.63) is 88.0 Å². The zero-order chi connectivity index (χ0) is 24.0. The van der Waals surface area contributed by atoms with Gasteiger partial charge >= 0.3 is 11.6 Å². The highest BCUT2D eigenvalue weighted by Gasteiger charge is 2.41. The molecule has 3 aromatic rings. The lowest BCUT2D eigenvalue weighted by Crippen LogP contribution is -2.43. The van der Waals surface area contributed by atoms with Crippen LogP contribution in [0.1, 0.15) is 17.0 Å². The number of nitrogens with one attached hydrogen (secondary N) is 2. The second-order valence-electron chi connectivity index (χ2n) is 6.85. The van der Waals surface area contributed by atoms with Crippen molar-refractivity contribution in [2.24, 2.45) is 0 Å². The lowest BCUT2D eigenvalue weighted by atomic mass is 10.2. The van der Waals surface area contributed by atoms with Gasteiger partial charge in [0.15, 0.2) is 5.82 Å². The third kappa shape index (κ3) is 5.45. The summed E-state index contributed by atoms with van der Waals surface area (Å²) in [5.74, 6) is -5.33. The number of hydrogen-bond acceptors (Lipinski definition) is 6. The van der Waals surface area contributed by atoms with Crippen LogP contribution in [0.3, 0.4) is 0 Å². The molecule has 0 fully saturated rings. The number of benzene rings is 1. The molecule has 33 heavy (non-hydrogen) atoms. The lowest BCUT2D eigenvalue weighted by Gasteiger charge is -2.15. The number of carbonyl (C=O) groups is 1. The van der Waals surface area contributed by atoms with Gasteiger partial charge in [-0.3, -0.25) is 19.4 Å². The van der Waals surface area contributed by atoms with Gasteiger partial charge in [-0.25, -0.2) is 9.37 Å². The van der Waals surface area contributed by atoms with E-state index < -0.39 is 47.8 Å². The first-order valence-corrected chi connectivity index (χ1v) is 9.55. The van der Waals surface area contributed by atoms with E-state index in [2.05, 4.69) is 15.6 Å². The molecule has 0 unspecified atom stereocenters. The highest BCUT2D eigenvalue weighted by molar-refractivity contribution is 5.76. The molecule has 0 aliphatic heterocycles. The van der Waals surface area contributed by atoms with E-state index in [1.54, 1.807) is 12.1 Å². The van der Waals surface area contributed by atoms with Crippen molar-refractivity contribution < 1.29 is 27.9 Å². The molecule has 9 nitrogen and oxygen atoms in total. The van der Waals surface area contributed by atoms with Crippen LogP contribution >= 0.6 is 0 Å². The predicted molar refractivity (Wildman–Crippen MR) is 108 cm³/mol. The van der Waals surface area contributed by atoms with Crippen molar-refractivity contribution >= 4 is 11.7 Å². The first-order chi connectivity index (χ1) is 15.7. The molecule has 12 heteroatoms. The van der Waals surface area contributed by atoms with Gasteiger partial charge in [0.2, 0.25) is 12.1 Å². The summed E-state index contributed by atoms with van der Waals surface area (Å²) in [7, 11) is 0. The number of pyridine rings is 1. The molecule has 0 spiro atoms. The Morgan fingerprint density at radius 2 is 1.97 bits per heavy atom. The Labute approximate surface area is 185 Å². The van der Waals surface area contributed by atoms with Gasteiger partial charge in [-0.1, -0.05) is 18.2 Å². The second kappa shape index (κ2) is 9.82. The van der Waals surface area contributed by atoms with Gasteiger partial charge in [0.1, 0.15) is 24.1 Å². The number of alkyl halides is 2. The van der Waals surface area contributed by atoms with Crippen molar-refractivity contribution in [2.75, 3.05) is 11.9 Å². The van der Waals surface area contributed by atoms with Crippen LogP contribution < -0.4 is 20.9 Å². The normalized spacial score (nSPS) is 11.0. The number of carbonyl (C=O) groups excluding carboxylic acids is 1. The Kier molecular flexibility index (Phi) is 6.92. The SMILES string of the molecule is N#Cc1cnc(NCC(F)(F)c2cccc[n+]2O)c(=O)n1CC(=O)NCc1ccccc1F. The van der Waals surface area contributed by atoms with E-state index in [4.69, 9.17) is 0 Å². The number of amides is 1.